The minimum absolute atomic E-state index is 0.0918. The van der Waals surface area contributed by atoms with Gasteiger partial charge < -0.3 is 9.47 Å². The molecular formula is C22H26O3. The number of cyclic esters (lactones) is 1. The van der Waals surface area contributed by atoms with Gasteiger partial charge in [-0.2, -0.15) is 0 Å². The van der Waals surface area contributed by atoms with Gasteiger partial charge >= 0.3 is 5.97 Å². The van der Waals surface area contributed by atoms with Gasteiger partial charge in [-0.1, -0.05) is 81.4 Å². The van der Waals surface area contributed by atoms with Crippen molar-refractivity contribution in [2.45, 2.75) is 46.0 Å². The Morgan fingerprint density at radius 1 is 0.880 bits per heavy atom. The summed E-state index contributed by atoms with van der Waals surface area (Å²) in [5.41, 5.74) is 1.95. The van der Waals surface area contributed by atoms with E-state index in [1.165, 1.54) is 0 Å². The molecule has 0 radical (unpaired) electrons. The van der Waals surface area contributed by atoms with Crippen LogP contribution in [0.15, 0.2) is 60.7 Å². The predicted octanol–water partition coefficient (Wildman–Crippen LogP) is 4.77. The lowest BCUT2D eigenvalue weighted by molar-refractivity contribution is -0.255. The monoisotopic (exact) mass is 338 g/mol. The van der Waals surface area contributed by atoms with E-state index >= 15 is 0 Å². The molecule has 1 saturated heterocycles. The van der Waals surface area contributed by atoms with Crippen LogP contribution in [-0.4, -0.2) is 18.4 Å². The first-order chi connectivity index (χ1) is 11.9. The van der Waals surface area contributed by atoms with Gasteiger partial charge in [-0.3, -0.25) is 4.79 Å². The van der Waals surface area contributed by atoms with Gasteiger partial charge in [0.15, 0.2) is 0 Å². The molecule has 0 unspecified atom stereocenters. The lowest BCUT2D eigenvalue weighted by atomic mass is 9.77. The number of benzene rings is 2. The fourth-order valence-corrected chi connectivity index (χ4v) is 3.40. The van der Waals surface area contributed by atoms with Gasteiger partial charge in [-0.25, -0.2) is 0 Å². The fraction of sp³-hybridized carbons (Fsp3) is 0.409. The normalized spacial score (nSPS) is 24.2. The standard InChI is InChI=1S/C22H26O3/c1-15-18(20(23)25-21(24-15)22(2,3)4)19(16-11-7-5-8-12-16)17-13-9-6-10-14-17/h5-15,18-19,21H,1-4H3/t15-,18+,21-/m1/s1. The van der Waals surface area contributed by atoms with Gasteiger partial charge in [0.05, 0.1) is 12.0 Å². The zero-order valence-electron chi connectivity index (χ0n) is 15.3. The number of ether oxygens (including phenoxy) is 2. The Balaban J connectivity index is 1.98. The molecule has 1 aliphatic rings. The summed E-state index contributed by atoms with van der Waals surface area (Å²) in [6.07, 6.45) is -0.741. The van der Waals surface area contributed by atoms with Crippen molar-refractivity contribution in [2.75, 3.05) is 0 Å². The van der Waals surface area contributed by atoms with Gasteiger partial charge in [0.25, 0.3) is 0 Å². The maximum Gasteiger partial charge on any atom is 0.314 e. The van der Waals surface area contributed by atoms with Crippen LogP contribution < -0.4 is 0 Å². The van der Waals surface area contributed by atoms with Crippen LogP contribution in [0.3, 0.4) is 0 Å². The van der Waals surface area contributed by atoms with Crippen LogP contribution in [0, 0.1) is 11.3 Å². The number of carbonyl (C=O) groups is 1. The van der Waals surface area contributed by atoms with Crippen molar-refractivity contribution in [1.29, 1.82) is 0 Å². The molecule has 0 N–H and O–H groups in total. The summed E-state index contributed by atoms with van der Waals surface area (Å²) in [6.45, 7) is 8.03. The highest BCUT2D eigenvalue weighted by atomic mass is 16.7. The molecule has 3 nitrogen and oxygen atoms in total. The third-order valence-corrected chi connectivity index (χ3v) is 4.72. The molecule has 1 heterocycles. The van der Waals surface area contributed by atoms with E-state index in [2.05, 4.69) is 24.3 Å². The molecule has 2 aromatic rings. The van der Waals surface area contributed by atoms with Crippen molar-refractivity contribution in [3.8, 4) is 0 Å². The Labute approximate surface area is 150 Å². The summed E-state index contributed by atoms with van der Waals surface area (Å²) in [5, 5.41) is 0. The number of esters is 1. The van der Waals surface area contributed by atoms with Crippen LogP contribution in [0.2, 0.25) is 0 Å². The van der Waals surface area contributed by atoms with Gasteiger partial charge in [-0.05, 0) is 18.1 Å². The van der Waals surface area contributed by atoms with Crippen LogP contribution in [0.4, 0.5) is 0 Å². The van der Waals surface area contributed by atoms with Gasteiger partial charge in [0, 0.05) is 11.3 Å². The quantitative estimate of drug-likeness (QED) is 0.756. The van der Waals surface area contributed by atoms with E-state index in [0.29, 0.717) is 0 Å². The summed E-state index contributed by atoms with van der Waals surface area (Å²) in [7, 11) is 0. The summed E-state index contributed by atoms with van der Waals surface area (Å²) >= 11 is 0. The molecule has 132 valence electrons. The van der Waals surface area contributed by atoms with E-state index in [1.54, 1.807) is 0 Å². The van der Waals surface area contributed by atoms with E-state index in [4.69, 9.17) is 9.47 Å². The summed E-state index contributed by atoms with van der Waals surface area (Å²) < 4.78 is 11.8. The van der Waals surface area contributed by atoms with Crippen molar-refractivity contribution in [2.24, 2.45) is 11.3 Å². The van der Waals surface area contributed by atoms with Crippen LogP contribution in [0.25, 0.3) is 0 Å². The Morgan fingerprint density at radius 2 is 1.36 bits per heavy atom. The Kier molecular flexibility index (Phi) is 4.96. The van der Waals surface area contributed by atoms with Crippen molar-refractivity contribution in [3.05, 3.63) is 71.8 Å². The maximum absolute atomic E-state index is 12.9. The van der Waals surface area contributed by atoms with E-state index < -0.39 is 6.29 Å². The smallest absolute Gasteiger partial charge is 0.314 e. The highest BCUT2D eigenvalue weighted by molar-refractivity contribution is 5.76. The van der Waals surface area contributed by atoms with Crippen LogP contribution in [0.1, 0.15) is 44.7 Å². The Hall–Kier alpha value is -2.13. The Bertz CT molecular complexity index is 664. The van der Waals surface area contributed by atoms with Crippen molar-refractivity contribution in [3.63, 3.8) is 0 Å². The van der Waals surface area contributed by atoms with E-state index in [9.17, 15) is 4.79 Å². The van der Waals surface area contributed by atoms with Crippen LogP contribution in [-0.2, 0) is 14.3 Å². The number of rotatable bonds is 3. The Morgan fingerprint density at radius 3 is 1.76 bits per heavy atom. The second-order valence-corrected chi connectivity index (χ2v) is 7.80. The third-order valence-electron chi connectivity index (χ3n) is 4.72. The minimum atomic E-state index is -0.515. The molecular weight excluding hydrogens is 312 g/mol. The molecule has 0 aliphatic carbocycles. The molecule has 25 heavy (non-hydrogen) atoms. The highest BCUT2D eigenvalue weighted by Gasteiger charge is 2.45. The molecule has 0 aromatic heterocycles. The van der Waals surface area contributed by atoms with E-state index in [0.717, 1.165) is 11.1 Å². The molecule has 3 heteroatoms. The lowest BCUT2D eigenvalue weighted by Gasteiger charge is -2.42. The van der Waals surface area contributed by atoms with E-state index in [1.807, 2.05) is 64.1 Å². The van der Waals surface area contributed by atoms with Crippen molar-refractivity contribution < 1.29 is 14.3 Å². The van der Waals surface area contributed by atoms with Gasteiger partial charge in [-0.15, -0.1) is 0 Å². The number of hydrogen-bond donors (Lipinski definition) is 0. The molecule has 0 spiro atoms. The molecule has 1 aliphatic heterocycles. The summed E-state index contributed by atoms with van der Waals surface area (Å²) in [4.78, 5) is 12.9. The van der Waals surface area contributed by atoms with Gasteiger partial charge in [0.1, 0.15) is 0 Å². The first-order valence-corrected chi connectivity index (χ1v) is 8.84. The van der Waals surface area contributed by atoms with Crippen molar-refractivity contribution in [1.82, 2.24) is 0 Å². The molecule has 1 fully saturated rings. The topological polar surface area (TPSA) is 35.5 Å². The predicted molar refractivity (Wildman–Crippen MR) is 98.1 cm³/mol. The molecule has 0 saturated carbocycles. The summed E-state index contributed by atoms with van der Waals surface area (Å²) in [6, 6.07) is 20.2. The number of carbonyl (C=O) groups excluding carboxylic acids is 1. The van der Waals surface area contributed by atoms with Crippen LogP contribution >= 0.6 is 0 Å². The summed E-state index contributed by atoms with van der Waals surface area (Å²) in [5.74, 6) is -0.648. The lowest BCUT2D eigenvalue weighted by Crippen LogP contribution is -2.49. The minimum Gasteiger partial charge on any atom is -0.435 e. The number of hydrogen-bond acceptors (Lipinski definition) is 3. The molecule has 0 bridgehead atoms. The van der Waals surface area contributed by atoms with E-state index in [-0.39, 0.29) is 29.3 Å². The second kappa shape index (κ2) is 7.01. The first-order valence-electron chi connectivity index (χ1n) is 8.84. The molecule has 2 aromatic carbocycles. The molecule has 0 amide bonds. The second-order valence-electron chi connectivity index (χ2n) is 7.80. The first kappa shape index (κ1) is 17.7. The fourth-order valence-electron chi connectivity index (χ4n) is 3.40. The molecule has 3 rings (SSSR count). The average molecular weight is 338 g/mol. The van der Waals surface area contributed by atoms with Gasteiger partial charge in [0.2, 0.25) is 6.29 Å². The SMILES string of the molecule is C[C@H]1O[C@@H](C(C)(C)C)OC(=O)[C@@H]1C(c1ccccc1)c1ccccc1. The largest absolute Gasteiger partial charge is 0.435 e. The zero-order chi connectivity index (χ0) is 18.0. The molecule has 3 atom stereocenters. The third kappa shape index (κ3) is 3.77. The van der Waals surface area contributed by atoms with Crippen LogP contribution in [0.5, 0.6) is 0 Å². The zero-order valence-corrected chi connectivity index (χ0v) is 15.3. The average Bonchev–Trinajstić information content (AvgIpc) is 2.58. The highest BCUT2D eigenvalue weighted by Crippen LogP contribution is 2.40. The maximum atomic E-state index is 12.9. The van der Waals surface area contributed by atoms with Crippen molar-refractivity contribution >= 4 is 5.97 Å².